The van der Waals surface area contributed by atoms with Crippen molar-refractivity contribution in [1.82, 2.24) is 4.90 Å². The topological polar surface area (TPSA) is 3.24 Å². The number of alkyl halides is 4. The Labute approximate surface area is 220 Å². The third-order valence-electron chi connectivity index (χ3n) is 7.07. The lowest BCUT2D eigenvalue weighted by Gasteiger charge is -2.33. The van der Waals surface area contributed by atoms with Crippen LogP contribution < -0.4 is 0 Å². The van der Waals surface area contributed by atoms with Gasteiger partial charge in [-0.15, -0.1) is 0 Å². The number of halogens is 5. The molecule has 37 heavy (non-hydrogen) atoms. The highest BCUT2D eigenvalue weighted by Gasteiger charge is 2.32. The van der Waals surface area contributed by atoms with Gasteiger partial charge in [-0.25, -0.2) is 0 Å². The summed E-state index contributed by atoms with van der Waals surface area (Å²) < 4.78 is 53.3. The van der Waals surface area contributed by atoms with Gasteiger partial charge >= 0.3 is 6.18 Å². The first-order valence-corrected chi connectivity index (χ1v) is 13.0. The third kappa shape index (κ3) is 5.83. The smallest absolute Gasteiger partial charge is 0.295 e. The number of benzene rings is 3. The van der Waals surface area contributed by atoms with Gasteiger partial charge in [0.05, 0.1) is 12.2 Å². The maximum absolute atomic E-state index is 13.6. The molecule has 1 fully saturated rings. The Bertz CT molecular complexity index is 1330. The molecule has 5 rings (SSSR count). The standard InChI is InChI=1S/C31H28ClF4N/c32-27-17-25(16-26(18-27)31(34,35)36)29-8-3-6-23-5-1-2-7-28(23)30(29)24-11-9-21(10-12-24)15-22-19-37(20-22)14-4-13-33/h1-2,5,7,9-12,15-18H,3-4,6,8,13-14,19-20H2. The van der Waals surface area contributed by atoms with Crippen LogP contribution in [0.2, 0.25) is 5.02 Å². The second-order valence-corrected chi connectivity index (χ2v) is 10.2. The zero-order valence-corrected chi connectivity index (χ0v) is 21.2. The number of rotatable bonds is 6. The molecule has 1 nitrogen and oxygen atoms in total. The normalized spacial score (nSPS) is 16.3. The van der Waals surface area contributed by atoms with Gasteiger partial charge in [0.15, 0.2) is 0 Å². The summed E-state index contributed by atoms with van der Waals surface area (Å²) in [6.45, 7) is 2.22. The summed E-state index contributed by atoms with van der Waals surface area (Å²) in [5.74, 6) is 0. The summed E-state index contributed by atoms with van der Waals surface area (Å²) in [5, 5.41) is 0.0808. The van der Waals surface area contributed by atoms with Crippen LogP contribution in [0.15, 0.2) is 72.3 Å². The molecule has 0 amide bonds. The molecule has 1 aliphatic carbocycles. The predicted octanol–water partition coefficient (Wildman–Crippen LogP) is 8.71. The van der Waals surface area contributed by atoms with Crippen LogP contribution in [-0.4, -0.2) is 31.2 Å². The van der Waals surface area contributed by atoms with Crippen molar-refractivity contribution in [2.75, 3.05) is 26.3 Å². The Morgan fingerprint density at radius 3 is 2.38 bits per heavy atom. The first-order valence-electron chi connectivity index (χ1n) is 12.6. The van der Waals surface area contributed by atoms with Crippen molar-refractivity contribution in [3.8, 4) is 0 Å². The number of hydrogen-bond acceptors (Lipinski definition) is 1. The van der Waals surface area contributed by atoms with Crippen molar-refractivity contribution < 1.29 is 17.6 Å². The molecule has 0 radical (unpaired) electrons. The Balaban J connectivity index is 1.55. The van der Waals surface area contributed by atoms with Gasteiger partial charge in [0.25, 0.3) is 0 Å². The van der Waals surface area contributed by atoms with Gasteiger partial charge in [0, 0.05) is 24.7 Å². The zero-order valence-electron chi connectivity index (χ0n) is 20.4. The molecule has 1 heterocycles. The first kappa shape index (κ1) is 25.7. The van der Waals surface area contributed by atoms with Crippen LogP contribution >= 0.6 is 11.6 Å². The van der Waals surface area contributed by atoms with E-state index >= 15 is 0 Å². The highest BCUT2D eigenvalue weighted by Crippen LogP contribution is 2.42. The number of fused-ring (bicyclic) bond motifs is 1. The van der Waals surface area contributed by atoms with E-state index in [9.17, 15) is 17.6 Å². The fourth-order valence-electron chi connectivity index (χ4n) is 5.31. The molecule has 0 bridgehead atoms. The predicted molar refractivity (Wildman–Crippen MR) is 143 cm³/mol. The number of nitrogens with zero attached hydrogens (tertiary/aromatic N) is 1. The molecule has 0 atom stereocenters. The zero-order chi connectivity index (χ0) is 26.0. The summed E-state index contributed by atoms with van der Waals surface area (Å²) in [6.07, 6.45) is 0.617. The van der Waals surface area contributed by atoms with Crippen molar-refractivity contribution in [1.29, 1.82) is 0 Å². The number of hydrogen-bond donors (Lipinski definition) is 0. The van der Waals surface area contributed by atoms with E-state index in [1.165, 1.54) is 17.2 Å². The van der Waals surface area contributed by atoms with Crippen LogP contribution in [0.25, 0.3) is 17.2 Å². The summed E-state index contributed by atoms with van der Waals surface area (Å²) in [5.41, 5.74) is 7.23. The summed E-state index contributed by atoms with van der Waals surface area (Å²) >= 11 is 6.19. The summed E-state index contributed by atoms with van der Waals surface area (Å²) in [6, 6.07) is 20.2. The van der Waals surface area contributed by atoms with E-state index in [1.807, 2.05) is 12.1 Å². The molecule has 0 saturated carbocycles. The second kappa shape index (κ2) is 10.8. The monoisotopic (exact) mass is 525 g/mol. The third-order valence-corrected chi connectivity index (χ3v) is 7.28. The lowest BCUT2D eigenvalue weighted by Crippen LogP contribution is -2.40. The van der Waals surface area contributed by atoms with Gasteiger partial charge < -0.3 is 0 Å². The van der Waals surface area contributed by atoms with Gasteiger partial charge in [0.2, 0.25) is 0 Å². The van der Waals surface area contributed by atoms with Gasteiger partial charge in [-0.3, -0.25) is 9.29 Å². The Hall–Kier alpha value is -2.89. The van der Waals surface area contributed by atoms with E-state index in [1.54, 1.807) is 6.07 Å². The highest BCUT2D eigenvalue weighted by molar-refractivity contribution is 6.30. The van der Waals surface area contributed by atoms with E-state index in [2.05, 4.69) is 47.4 Å². The summed E-state index contributed by atoms with van der Waals surface area (Å²) in [4.78, 5) is 2.22. The average molecular weight is 526 g/mol. The molecule has 0 unspecified atom stereocenters. The van der Waals surface area contributed by atoms with E-state index in [4.69, 9.17) is 11.6 Å². The van der Waals surface area contributed by atoms with Gasteiger partial charge in [-0.1, -0.05) is 66.2 Å². The van der Waals surface area contributed by atoms with Crippen LogP contribution in [0.5, 0.6) is 0 Å². The number of aryl methyl sites for hydroxylation is 1. The van der Waals surface area contributed by atoms with Crippen molar-refractivity contribution in [3.63, 3.8) is 0 Å². The van der Waals surface area contributed by atoms with Crippen molar-refractivity contribution >= 4 is 28.8 Å². The molecule has 3 aromatic rings. The van der Waals surface area contributed by atoms with Gasteiger partial charge in [-0.2, -0.15) is 13.2 Å². The maximum atomic E-state index is 13.6. The molecule has 1 saturated heterocycles. The lowest BCUT2D eigenvalue weighted by atomic mass is 9.87. The van der Waals surface area contributed by atoms with Crippen LogP contribution in [0, 0.1) is 0 Å². The molecule has 0 spiro atoms. The molecule has 3 aromatic carbocycles. The average Bonchev–Trinajstić information content (AvgIpc) is 3.04. The van der Waals surface area contributed by atoms with Crippen molar-refractivity contribution in [2.45, 2.75) is 31.9 Å². The molecule has 6 heteroatoms. The van der Waals surface area contributed by atoms with Crippen LogP contribution in [-0.2, 0) is 12.6 Å². The fourth-order valence-corrected chi connectivity index (χ4v) is 5.55. The SMILES string of the molecule is FCCCN1CC(=Cc2ccc(C3=C(c4cc(Cl)cc(C(F)(F)F)c4)CCCc4ccccc43)cc2)C1. The van der Waals surface area contributed by atoms with Crippen LogP contribution in [0.3, 0.4) is 0 Å². The molecule has 0 N–H and O–H groups in total. The molecule has 2 aliphatic rings. The van der Waals surface area contributed by atoms with Crippen molar-refractivity contribution in [2.24, 2.45) is 0 Å². The van der Waals surface area contributed by atoms with Gasteiger partial charge in [0.1, 0.15) is 0 Å². The largest absolute Gasteiger partial charge is 0.416 e. The Morgan fingerprint density at radius 2 is 1.65 bits per heavy atom. The maximum Gasteiger partial charge on any atom is 0.416 e. The quantitative estimate of drug-likeness (QED) is 0.291. The van der Waals surface area contributed by atoms with E-state index < -0.39 is 11.7 Å². The number of likely N-dealkylation sites (tertiary alicyclic amines) is 1. The Kier molecular flexibility index (Phi) is 7.55. The lowest BCUT2D eigenvalue weighted by molar-refractivity contribution is -0.137. The number of allylic oxidation sites excluding steroid dienone is 1. The van der Waals surface area contributed by atoms with E-state index in [0.717, 1.165) is 66.4 Å². The molecule has 0 aromatic heterocycles. The Morgan fingerprint density at radius 1 is 0.892 bits per heavy atom. The fraction of sp³-hybridized carbons (Fsp3) is 0.290. The van der Waals surface area contributed by atoms with E-state index in [0.29, 0.717) is 18.4 Å². The van der Waals surface area contributed by atoms with Crippen LogP contribution in [0.4, 0.5) is 17.6 Å². The minimum atomic E-state index is -4.47. The first-order chi connectivity index (χ1) is 17.8. The van der Waals surface area contributed by atoms with Gasteiger partial charge in [-0.05, 0) is 88.4 Å². The molecular weight excluding hydrogens is 498 g/mol. The second-order valence-electron chi connectivity index (χ2n) is 9.77. The van der Waals surface area contributed by atoms with Crippen LogP contribution in [0.1, 0.15) is 52.6 Å². The minimum absolute atomic E-state index is 0.0808. The minimum Gasteiger partial charge on any atom is -0.295 e. The highest BCUT2D eigenvalue weighted by atomic mass is 35.5. The molecular formula is C31H28ClF4N. The van der Waals surface area contributed by atoms with E-state index in [-0.39, 0.29) is 11.7 Å². The van der Waals surface area contributed by atoms with Crippen molar-refractivity contribution in [3.05, 3.63) is 111 Å². The molecule has 1 aliphatic heterocycles. The summed E-state index contributed by atoms with van der Waals surface area (Å²) in [7, 11) is 0. The molecule has 192 valence electrons.